The number of rotatable bonds is 3. The molecule has 2 aromatic rings. The zero-order chi connectivity index (χ0) is 24.2. The maximum absolute atomic E-state index is 14.0. The van der Waals surface area contributed by atoms with Gasteiger partial charge in [-0.15, -0.1) is 0 Å². The van der Waals surface area contributed by atoms with Gasteiger partial charge in [0.1, 0.15) is 11.4 Å². The van der Waals surface area contributed by atoms with E-state index in [1.807, 2.05) is 31.2 Å². The van der Waals surface area contributed by atoms with Crippen LogP contribution in [0.15, 0.2) is 42.5 Å². The van der Waals surface area contributed by atoms with E-state index in [1.54, 1.807) is 31.7 Å². The summed E-state index contributed by atoms with van der Waals surface area (Å²) < 4.78 is 19.1. The van der Waals surface area contributed by atoms with Gasteiger partial charge in [-0.05, 0) is 76.6 Å². The van der Waals surface area contributed by atoms with Crippen molar-refractivity contribution in [3.05, 3.63) is 59.4 Å². The van der Waals surface area contributed by atoms with E-state index in [0.29, 0.717) is 6.42 Å². The Hall–Kier alpha value is -3.53. The minimum atomic E-state index is -0.549. The van der Waals surface area contributed by atoms with Crippen LogP contribution in [0.2, 0.25) is 0 Å². The molecule has 0 bridgehead atoms. The summed E-state index contributed by atoms with van der Waals surface area (Å²) in [6.07, 6.45) is 0.159. The van der Waals surface area contributed by atoms with Gasteiger partial charge in [-0.1, -0.05) is 11.8 Å². The summed E-state index contributed by atoms with van der Waals surface area (Å²) in [4.78, 5) is 25.5. The lowest BCUT2D eigenvalue weighted by Gasteiger charge is -2.39. The van der Waals surface area contributed by atoms with Crippen LogP contribution >= 0.6 is 0 Å². The molecule has 33 heavy (non-hydrogen) atoms. The highest BCUT2D eigenvalue weighted by molar-refractivity contribution is 5.93. The lowest BCUT2D eigenvalue weighted by atomic mass is 9.91. The maximum atomic E-state index is 14.0. The van der Waals surface area contributed by atoms with E-state index in [-0.39, 0.29) is 30.4 Å². The summed E-state index contributed by atoms with van der Waals surface area (Å²) in [5.41, 5.74) is 2.63. The molecular formula is C26H30FN3O3. The molecule has 0 fully saturated rings. The van der Waals surface area contributed by atoms with Crippen LogP contribution in [-0.4, -0.2) is 30.2 Å². The van der Waals surface area contributed by atoms with Crippen molar-refractivity contribution in [2.75, 3.05) is 16.8 Å². The van der Waals surface area contributed by atoms with Gasteiger partial charge in [0.15, 0.2) is 0 Å². The Labute approximate surface area is 194 Å². The van der Waals surface area contributed by atoms with E-state index in [0.717, 1.165) is 22.5 Å². The normalized spacial score (nSPS) is 17.3. The second kappa shape index (κ2) is 9.95. The molecule has 6 nitrogen and oxygen atoms in total. The molecule has 2 aromatic carbocycles. The van der Waals surface area contributed by atoms with Crippen LogP contribution in [0.5, 0.6) is 0 Å². The van der Waals surface area contributed by atoms with Crippen LogP contribution in [0.1, 0.15) is 58.2 Å². The van der Waals surface area contributed by atoms with Crippen LogP contribution in [0.3, 0.4) is 0 Å². The van der Waals surface area contributed by atoms with Crippen molar-refractivity contribution in [2.24, 2.45) is 0 Å². The van der Waals surface area contributed by atoms with E-state index < -0.39 is 11.7 Å². The Morgan fingerprint density at radius 3 is 2.52 bits per heavy atom. The van der Waals surface area contributed by atoms with Crippen LogP contribution in [0, 0.1) is 17.7 Å². The molecule has 174 valence electrons. The second-order valence-corrected chi connectivity index (χ2v) is 9.11. The molecule has 2 atom stereocenters. The molecule has 1 aliphatic rings. The van der Waals surface area contributed by atoms with Crippen molar-refractivity contribution in [1.29, 1.82) is 0 Å². The summed E-state index contributed by atoms with van der Waals surface area (Å²) >= 11 is 0. The van der Waals surface area contributed by atoms with Crippen LogP contribution in [0.25, 0.3) is 0 Å². The first-order valence-corrected chi connectivity index (χ1v) is 10.9. The van der Waals surface area contributed by atoms with Gasteiger partial charge in [-0.2, -0.15) is 0 Å². The van der Waals surface area contributed by atoms with E-state index >= 15 is 0 Å². The van der Waals surface area contributed by atoms with Crippen molar-refractivity contribution in [3.63, 3.8) is 0 Å². The third-order valence-corrected chi connectivity index (χ3v) is 5.16. The minimum absolute atomic E-state index is 0.0134. The van der Waals surface area contributed by atoms with Gasteiger partial charge < -0.3 is 20.3 Å². The number of nitrogens with one attached hydrogen (secondary N) is 2. The predicted molar refractivity (Wildman–Crippen MR) is 128 cm³/mol. The Balaban J connectivity index is 1.66. The number of alkyl carbamates (subject to hydrolysis) is 1. The summed E-state index contributed by atoms with van der Waals surface area (Å²) in [5, 5.41) is 6.06. The van der Waals surface area contributed by atoms with Gasteiger partial charge in [0.2, 0.25) is 5.91 Å². The molecule has 0 unspecified atom stereocenters. The van der Waals surface area contributed by atoms with Crippen molar-refractivity contribution >= 4 is 23.4 Å². The summed E-state index contributed by atoms with van der Waals surface area (Å²) in [6, 6.07) is 12.0. The lowest BCUT2D eigenvalue weighted by Crippen LogP contribution is -2.43. The summed E-state index contributed by atoms with van der Waals surface area (Å²) in [5.74, 6) is 5.51. The zero-order valence-electron chi connectivity index (χ0n) is 19.7. The predicted octanol–water partition coefficient (Wildman–Crippen LogP) is 5.00. The number of halogens is 1. The van der Waals surface area contributed by atoms with Gasteiger partial charge in [0.25, 0.3) is 0 Å². The summed E-state index contributed by atoms with van der Waals surface area (Å²) in [6.45, 7) is 9.11. The Morgan fingerprint density at radius 2 is 1.88 bits per heavy atom. The van der Waals surface area contributed by atoms with Crippen LogP contribution < -0.4 is 15.5 Å². The van der Waals surface area contributed by atoms with Crippen molar-refractivity contribution in [2.45, 2.75) is 58.7 Å². The maximum Gasteiger partial charge on any atom is 0.408 e. The SMILES string of the molecule is CC(=O)N1c2ccc(F)cc2[C@H](Nc2ccc(C#CCNC(=O)OC(C)(C)C)cc2)C[C@@H]1C. The minimum Gasteiger partial charge on any atom is -0.444 e. The molecule has 7 heteroatoms. The fraction of sp³-hybridized carbons (Fsp3) is 0.385. The number of amides is 2. The molecule has 0 saturated heterocycles. The monoisotopic (exact) mass is 451 g/mol. The van der Waals surface area contributed by atoms with Gasteiger partial charge in [-0.25, -0.2) is 9.18 Å². The highest BCUT2D eigenvalue weighted by atomic mass is 19.1. The van der Waals surface area contributed by atoms with E-state index in [2.05, 4.69) is 22.5 Å². The standard InChI is InChI=1S/C26H30FN3O3/c1-17-15-23(22-16-20(27)10-13-24(22)30(17)18(2)31)29-21-11-8-19(9-12-21)7-6-14-28-25(32)33-26(3,4)5/h8-13,16-17,23,29H,14-15H2,1-5H3,(H,28,32)/t17-,23+/m0/s1. The van der Waals surface area contributed by atoms with Crippen molar-refractivity contribution < 1.29 is 18.7 Å². The molecule has 0 aromatic heterocycles. The first kappa shape index (κ1) is 24.1. The molecular weight excluding hydrogens is 421 g/mol. The molecule has 2 amide bonds. The van der Waals surface area contributed by atoms with Crippen molar-refractivity contribution in [1.82, 2.24) is 5.32 Å². The first-order chi connectivity index (χ1) is 15.5. The average molecular weight is 452 g/mol. The number of carbonyl (C=O) groups excluding carboxylic acids is 2. The van der Waals surface area contributed by atoms with Crippen LogP contribution in [0.4, 0.5) is 20.6 Å². The molecule has 3 rings (SSSR count). The highest BCUT2D eigenvalue weighted by Gasteiger charge is 2.32. The number of nitrogens with zero attached hydrogens (tertiary/aromatic N) is 1. The van der Waals surface area contributed by atoms with E-state index in [1.165, 1.54) is 19.1 Å². The van der Waals surface area contributed by atoms with Gasteiger partial charge in [0, 0.05) is 35.5 Å². The Kier molecular flexibility index (Phi) is 7.27. The number of carbonyl (C=O) groups is 2. The van der Waals surface area contributed by atoms with Gasteiger partial charge in [-0.3, -0.25) is 4.79 Å². The molecule has 2 N–H and O–H groups in total. The second-order valence-electron chi connectivity index (χ2n) is 9.11. The van der Waals surface area contributed by atoms with Crippen molar-refractivity contribution in [3.8, 4) is 11.8 Å². The Morgan fingerprint density at radius 1 is 1.18 bits per heavy atom. The zero-order valence-corrected chi connectivity index (χ0v) is 19.7. The molecule has 0 radical (unpaired) electrons. The highest BCUT2D eigenvalue weighted by Crippen LogP contribution is 2.39. The molecule has 0 aliphatic carbocycles. The van der Waals surface area contributed by atoms with E-state index in [4.69, 9.17) is 4.74 Å². The molecule has 1 heterocycles. The average Bonchev–Trinajstić information content (AvgIpc) is 2.71. The number of fused-ring (bicyclic) bond motifs is 1. The van der Waals surface area contributed by atoms with E-state index in [9.17, 15) is 14.0 Å². The Bertz CT molecular complexity index is 1080. The fourth-order valence-electron chi connectivity index (χ4n) is 3.88. The fourth-order valence-corrected chi connectivity index (χ4v) is 3.88. The topological polar surface area (TPSA) is 70.7 Å². The largest absolute Gasteiger partial charge is 0.444 e. The number of hydrogen-bond donors (Lipinski definition) is 2. The number of ether oxygens (including phenoxy) is 1. The number of hydrogen-bond acceptors (Lipinski definition) is 4. The third kappa shape index (κ3) is 6.48. The number of benzene rings is 2. The smallest absolute Gasteiger partial charge is 0.408 e. The molecule has 0 saturated carbocycles. The number of anilines is 2. The van der Waals surface area contributed by atoms with Gasteiger partial charge >= 0.3 is 6.09 Å². The first-order valence-electron chi connectivity index (χ1n) is 10.9. The molecule has 0 spiro atoms. The summed E-state index contributed by atoms with van der Waals surface area (Å²) in [7, 11) is 0. The van der Waals surface area contributed by atoms with Gasteiger partial charge in [0.05, 0.1) is 12.6 Å². The lowest BCUT2D eigenvalue weighted by molar-refractivity contribution is -0.117. The van der Waals surface area contributed by atoms with Crippen LogP contribution in [-0.2, 0) is 9.53 Å². The molecule has 1 aliphatic heterocycles. The quantitative estimate of drug-likeness (QED) is 0.645. The third-order valence-electron chi connectivity index (χ3n) is 5.16.